The fourth-order valence-corrected chi connectivity index (χ4v) is 3.57. The highest BCUT2D eigenvalue weighted by Crippen LogP contribution is 2.31. The highest BCUT2D eigenvalue weighted by Gasteiger charge is 2.49. The topological polar surface area (TPSA) is 122 Å². The smallest absolute Gasteiger partial charge is 0.319 e. The molecular formula is C23H26N4O5. The highest BCUT2D eigenvalue weighted by atomic mass is 16.6. The third kappa shape index (κ3) is 4.32. The van der Waals surface area contributed by atoms with Crippen molar-refractivity contribution < 1.29 is 19.3 Å². The zero-order valence-electron chi connectivity index (χ0n) is 18.7. The number of amides is 4. The van der Waals surface area contributed by atoms with Crippen LogP contribution in [-0.4, -0.2) is 34.2 Å². The first kappa shape index (κ1) is 22.9. The minimum Gasteiger partial charge on any atom is -0.319 e. The summed E-state index contributed by atoms with van der Waals surface area (Å²) in [6.07, 6.45) is 0. The van der Waals surface area contributed by atoms with Gasteiger partial charge in [0, 0.05) is 6.07 Å². The number of benzene rings is 2. The summed E-state index contributed by atoms with van der Waals surface area (Å²) < 4.78 is 0. The Hall–Kier alpha value is -3.75. The van der Waals surface area contributed by atoms with Crippen molar-refractivity contribution in [3.8, 4) is 0 Å². The third-order valence-electron chi connectivity index (χ3n) is 5.53. The summed E-state index contributed by atoms with van der Waals surface area (Å²) in [4.78, 5) is 49.6. The summed E-state index contributed by atoms with van der Waals surface area (Å²) in [6.45, 7) is 8.94. The molecule has 1 fully saturated rings. The lowest BCUT2D eigenvalue weighted by Gasteiger charge is -2.24. The predicted molar refractivity (Wildman–Crippen MR) is 119 cm³/mol. The molecule has 1 aliphatic rings. The molecule has 0 aromatic heterocycles. The van der Waals surface area contributed by atoms with E-state index >= 15 is 0 Å². The first-order valence-corrected chi connectivity index (χ1v) is 10.1. The largest absolute Gasteiger partial charge is 0.325 e. The zero-order valence-corrected chi connectivity index (χ0v) is 18.7. The Morgan fingerprint density at radius 3 is 2.34 bits per heavy atom. The van der Waals surface area contributed by atoms with Crippen LogP contribution in [0, 0.1) is 17.0 Å². The number of nitrogens with zero attached hydrogens (tertiary/aromatic N) is 2. The van der Waals surface area contributed by atoms with Gasteiger partial charge in [-0.3, -0.25) is 24.6 Å². The van der Waals surface area contributed by atoms with Crippen molar-refractivity contribution in [1.82, 2.24) is 10.2 Å². The van der Waals surface area contributed by atoms with Crippen molar-refractivity contribution in [3.05, 3.63) is 69.3 Å². The van der Waals surface area contributed by atoms with Gasteiger partial charge in [-0.2, -0.15) is 0 Å². The van der Waals surface area contributed by atoms with Gasteiger partial charge in [0.2, 0.25) is 5.91 Å². The van der Waals surface area contributed by atoms with Gasteiger partial charge in [0.15, 0.2) is 0 Å². The van der Waals surface area contributed by atoms with Gasteiger partial charge in [-0.25, -0.2) is 4.79 Å². The van der Waals surface area contributed by atoms with Crippen molar-refractivity contribution in [1.29, 1.82) is 0 Å². The number of nitro benzene ring substituents is 1. The fraction of sp³-hybridized carbons (Fsp3) is 0.348. The molecule has 0 aliphatic carbocycles. The normalized spacial score (nSPS) is 18.5. The molecule has 1 saturated heterocycles. The molecule has 1 atom stereocenters. The van der Waals surface area contributed by atoms with Crippen LogP contribution in [0.4, 0.5) is 16.2 Å². The second-order valence-electron chi connectivity index (χ2n) is 9.10. The molecule has 0 bridgehead atoms. The molecule has 9 nitrogen and oxygen atoms in total. The molecule has 9 heteroatoms. The summed E-state index contributed by atoms with van der Waals surface area (Å²) in [7, 11) is 0. The third-order valence-corrected chi connectivity index (χ3v) is 5.53. The Kier molecular flexibility index (Phi) is 5.78. The van der Waals surface area contributed by atoms with E-state index in [0.717, 1.165) is 10.5 Å². The van der Waals surface area contributed by atoms with Crippen molar-refractivity contribution in [2.75, 3.05) is 11.9 Å². The van der Waals surface area contributed by atoms with Gasteiger partial charge in [0.1, 0.15) is 17.8 Å². The number of imide groups is 1. The summed E-state index contributed by atoms with van der Waals surface area (Å²) in [5.41, 5.74) is 0.697. The van der Waals surface area contributed by atoms with Crippen LogP contribution in [0.5, 0.6) is 0 Å². The zero-order chi connectivity index (χ0) is 23.8. The molecule has 2 aromatic carbocycles. The predicted octanol–water partition coefficient (Wildman–Crippen LogP) is 3.61. The Labute approximate surface area is 185 Å². The minimum absolute atomic E-state index is 0.00168. The van der Waals surface area contributed by atoms with Crippen LogP contribution in [0.2, 0.25) is 0 Å². The average molecular weight is 438 g/mol. The number of nitrogens with one attached hydrogen (secondary N) is 2. The Bertz CT molecular complexity index is 1100. The summed E-state index contributed by atoms with van der Waals surface area (Å²) >= 11 is 0. The van der Waals surface area contributed by atoms with E-state index in [-0.39, 0.29) is 16.8 Å². The van der Waals surface area contributed by atoms with E-state index in [1.165, 1.54) is 12.1 Å². The van der Waals surface area contributed by atoms with Crippen molar-refractivity contribution in [2.45, 2.75) is 45.6 Å². The monoisotopic (exact) mass is 438 g/mol. The molecule has 0 unspecified atom stereocenters. The number of hydrogen-bond donors (Lipinski definition) is 2. The van der Waals surface area contributed by atoms with E-state index in [1.807, 2.05) is 12.1 Å². The Morgan fingerprint density at radius 2 is 1.78 bits per heavy atom. The summed E-state index contributed by atoms with van der Waals surface area (Å²) in [5, 5.41) is 16.3. The van der Waals surface area contributed by atoms with Gasteiger partial charge in [-0.1, -0.05) is 51.1 Å². The van der Waals surface area contributed by atoms with Crippen molar-refractivity contribution in [2.24, 2.45) is 0 Å². The van der Waals surface area contributed by atoms with Crippen molar-refractivity contribution in [3.63, 3.8) is 0 Å². The van der Waals surface area contributed by atoms with Crippen LogP contribution in [0.15, 0.2) is 42.5 Å². The van der Waals surface area contributed by atoms with Gasteiger partial charge in [-0.05, 0) is 42.0 Å². The van der Waals surface area contributed by atoms with E-state index in [1.54, 1.807) is 32.0 Å². The maximum Gasteiger partial charge on any atom is 0.325 e. The first-order valence-electron chi connectivity index (χ1n) is 10.1. The Balaban J connectivity index is 1.78. The Morgan fingerprint density at radius 1 is 1.16 bits per heavy atom. The standard InChI is InChI=1S/C23H26N4O5/c1-14-6-11-17(18(12-14)27(31)32)24-19(28)13-26-20(29)23(5,25-21(26)30)16-9-7-15(8-10-16)22(2,3)4/h6-12H,13H2,1-5H3,(H,24,28)(H,25,30)/t23-/m1/s1. The lowest BCUT2D eigenvalue weighted by Crippen LogP contribution is -2.42. The number of urea groups is 1. The summed E-state index contributed by atoms with van der Waals surface area (Å²) in [6, 6.07) is 11.1. The lowest BCUT2D eigenvalue weighted by molar-refractivity contribution is -0.384. The molecule has 0 spiro atoms. The van der Waals surface area contributed by atoms with E-state index in [4.69, 9.17) is 0 Å². The van der Waals surface area contributed by atoms with Crippen LogP contribution >= 0.6 is 0 Å². The fourth-order valence-electron chi connectivity index (χ4n) is 3.57. The molecule has 3 rings (SSSR count). The molecule has 168 valence electrons. The van der Waals surface area contributed by atoms with Crippen LogP contribution < -0.4 is 10.6 Å². The second-order valence-corrected chi connectivity index (χ2v) is 9.10. The van der Waals surface area contributed by atoms with Crippen LogP contribution in [0.3, 0.4) is 0 Å². The molecule has 2 N–H and O–H groups in total. The van der Waals surface area contributed by atoms with Crippen LogP contribution in [0.25, 0.3) is 0 Å². The van der Waals surface area contributed by atoms with Gasteiger partial charge in [-0.15, -0.1) is 0 Å². The molecule has 0 saturated carbocycles. The lowest BCUT2D eigenvalue weighted by atomic mass is 9.84. The molecule has 1 aliphatic heterocycles. The van der Waals surface area contributed by atoms with Crippen LogP contribution in [0.1, 0.15) is 44.4 Å². The van der Waals surface area contributed by atoms with Gasteiger partial charge in [0.05, 0.1) is 4.92 Å². The van der Waals surface area contributed by atoms with E-state index in [2.05, 4.69) is 31.4 Å². The molecular weight excluding hydrogens is 412 g/mol. The number of nitro groups is 1. The minimum atomic E-state index is -1.32. The van der Waals surface area contributed by atoms with E-state index in [9.17, 15) is 24.5 Å². The molecule has 4 amide bonds. The quantitative estimate of drug-likeness (QED) is 0.420. The SMILES string of the molecule is Cc1ccc(NC(=O)CN2C(=O)N[C@](C)(c3ccc(C(C)(C)C)cc3)C2=O)c([N+](=O)[O-])c1. The van der Waals surface area contributed by atoms with Gasteiger partial charge in [0.25, 0.3) is 11.6 Å². The molecule has 2 aromatic rings. The van der Waals surface area contributed by atoms with E-state index < -0.39 is 34.9 Å². The summed E-state index contributed by atoms with van der Waals surface area (Å²) in [5.74, 6) is -1.28. The maximum atomic E-state index is 13.1. The number of carbonyl (C=O) groups excluding carboxylic acids is 3. The average Bonchev–Trinajstić information content (AvgIpc) is 2.92. The number of carbonyl (C=O) groups is 3. The number of hydrogen-bond acceptors (Lipinski definition) is 5. The van der Waals surface area contributed by atoms with Gasteiger partial charge >= 0.3 is 6.03 Å². The van der Waals surface area contributed by atoms with Crippen molar-refractivity contribution >= 4 is 29.2 Å². The number of anilines is 1. The molecule has 32 heavy (non-hydrogen) atoms. The van der Waals surface area contributed by atoms with E-state index in [0.29, 0.717) is 11.1 Å². The molecule has 1 heterocycles. The second kappa shape index (κ2) is 8.07. The maximum absolute atomic E-state index is 13.1. The highest BCUT2D eigenvalue weighted by molar-refractivity contribution is 6.10. The molecule has 0 radical (unpaired) electrons. The first-order chi connectivity index (χ1) is 14.8. The van der Waals surface area contributed by atoms with Crippen LogP contribution in [-0.2, 0) is 20.5 Å². The number of aryl methyl sites for hydroxylation is 1. The van der Waals surface area contributed by atoms with Gasteiger partial charge < -0.3 is 10.6 Å². The number of rotatable bonds is 5.